The number of esters is 1. The summed E-state index contributed by atoms with van der Waals surface area (Å²) in [5, 5.41) is 0. The van der Waals surface area contributed by atoms with E-state index in [0.717, 1.165) is 25.7 Å². The normalized spacial score (nSPS) is 31.9. The lowest BCUT2D eigenvalue weighted by Crippen LogP contribution is -2.39. The van der Waals surface area contributed by atoms with E-state index in [9.17, 15) is 4.79 Å². The molecular formula is C16H22O2. The Balaban J connectivity index is 2.13. The second kappa shape index (κ2) is 4.75. The maximum Gasteiger partial charge on any atom is 0.311 e. The molecule has 1 aromatic carbocycles. The Morgan fingerprint density at radius 1 is 1.06 bits per heavy atom. The van der Waals surface area contributed by atoms with Crippen molar-refractivity contribution >= 4 is 5.97 Å². The fourth-order valence-electron chi connectivity index (χ4n) is 2.93. The number of ether oxygens (including phenoxy) is 1. The molecule has 0 unspecified atom stereocenters. The van der Waals surface area contributed by atoms with Crippen molar-refractivity contribution < 1.29 is 9.53 Å². The zero-order chi connectivity index (χ0) is 13.2. The molecule has 1 aliphatic carbocycles. The molecule has 0 aromatic heterocycles. The van der Waals surface area contributed by atoms with E-state index < -0.39 is 0 Å². The third-order valence-corrected chi connectivity index (χ3v) is 4.61. The summed E-state index contributed by atoms with van der Waals surface area (Å²) in [6.07, 6.45) is 3.90. The van der Waals surface area contributed by atoms with E-state index in [1.54, 1.807) is 0 Å². The van der Waals surface area contributed by atoms with Crippen molar-refractivity contribution in [2.45, 2.75) is 44.9 Å². The van der Waals surface area contributed by atoms with Crippen LogP contribution in [0, 0.1) is 5.41 Å². The number of benzene rings is 1. The van der Waals surface area contributed by atoms with Gasteiger partial charge in [0.15, 0.2) is 0 Å². The molecule has 18 heavy (non-hydrogen) atoms. The number of carbonyl (C=O) groups is 1. The number of hydrogen-bond acceptors (Lipinski definition) is 2. The Morgan fingerprint density at radius 2 is 1.61 bits per heavy atom. The van der Waals surface area contributed by atoms with E-state index in [-0.39, 0.29) is 16.8 Å². The summed E-state index contributed by atoms with van der Waals surface area (Å²) in [4.78, 5) is 11.8. The van der Waals surface area contributed by atoms with Gasteiger partial charge in [-0.15, -0.1) is 0 Å². The van der Waals surface area contributed by atoms with Gasteiger partial charge < -0.3 is 4.74 Å². The van der Waals surface area contributed by atoms with Crippen molar-refractivity contribution in [2.24, 2.45) is 5.41 Å². The topological polar surface area (TPSA) is 26.3 Å². The Morgan fingerprint density at radius 3 is 2.11 bits per heavy atom. The van der Waals surface area contributed by atoms with Gasteiger partial charge in [-0.25, -0.2) is 0 Å². The van der Waals surface area contributed by atoms with E-state index in [2.05, 4.69) is 31.2 Å². The van der Waals surface area contributed by atoms with Crippen molar-refractivity contribution in [3.05, 3.63) is 35.9 Å². The van der Waals surface area contributed by atoms with E-state index >= 15 is 0 Å². The van der Waals surface area contributed by atoms with Gasteiger partial charge in [0.1, 0.15) is 0 Å². The molecule has 2 heteroatoms. The summed E-state index contributed by atoms with van der Waals surface area (Å²) < 4.78 is 4.93. The van der Waals surface area contributed by atoms with Gasteiger partial charge >= 0.3 is 5.97 Å². The second-order valence-corrected chi connectivity index (χ2v) is 5.98. The lowest BCUT2D eigenvalue weighted by molar-refractivity contribution is -0.154. The van der Waals surface area contributed by atoms with Gasteiger partial charge in [0.25, 0.3) is 0 Å². The summed E-state index contributed by atoms with van der Waals surface area (Å²) in [6.45, 7) is 4.34. The van der Waals surface area contributed by atoms with Crippen LogP contribution in [0.25, 0.3) is 0 Å². The highest BCUT2D eigenvalue weighted by atomic mass is 16.5. The smallest absolute Gasteiger partial charge is 0.311 e. The van der Waals surface area contributed by atoms with Crippen LogP contribution in [0.15, 0.2) is 30.3 Å². The predicted molar refractivity (Wildman–Crippen MR) is 72.4 cm³/mol. The first kappa shape index (κ1) is 13.1. The van der Waals surface area contributed by atoms with E-state index in [1.807, 2.05) is 13.0 Å². The minimum atomic E-state index is -0.289. The van der Waals surface area contributed by atoms with Gasteiger partial charge in [-0.2, -0.15) is 0 Å². The zero-order valence-electron chi connectivity index (χ0n) is 11.5. The average Bonchev–Trinajstić information content (AvgIpc) is 2.42. The third kappa shape index (κ3) is 2.29. The Kier molecular flexibility index (Phi) is 3.47. The van der Waals surface area contributed by atoms with Crippen LogP contribution in [0.2, 0.25) is 0 Å². The minimum absolute atomic E-state index is 0.0578. The average molecular weight is 246 g/mol. The molecule has 98 valence electrons. The molecule has 0 aliphatic heterocycles. The number of hydrogen-bond donors (Lipinski definition) is 0. The van der Waals surface area contributed by atoms with Crippen LogP contribution >= 0.6 is 0 Å². The summed E-state index contributed by atoms with van der Waals surface area (Å²) in [5.41, 5.74) is 1.30. The third-order valence-electron chi connectivity index (χ3n) is 4.61. The molecular weight excluding hydrogens is 224 g/mol. The molecule has 1 aliphatic rings. The second-order valence-electron chi connectivity index (χ2n) is 5.98. The minimum Gasteiger partial charge on any atom is -0.469 e. The highest BCUT2D eigenvalue weighted by molar-refractivity contribution is 5.76. The van der Waals surface area contributed by atoms with Crippen LogP contribution in [0.3, 0.4) is 0 Å². The van der Waals surface area contributed by atoms with Crippen molar-refractivity contribution in [1.82, 2.24) is 0 Å². The van der Waals surface area contributed by atoms with Crippen LogP contribution in [0.5, 0.6) is 0 Å². The first-order valence-corrected chi connectivity index (χ1v) is 6.64. The van der Waals surface area contributed by atoms with Gasteiger partial charge in [0.2, 0.25) is 0 Å². The van der Waals surface area contributed by atoms with Crippen LogP contribution in [-0.4, -0.2) is 13.1 Å². The monoisotopic (exact) mass is 246 g/mol. The first-order valence-electron chi connectivity index (χ1n) is 6.64. The van der Waals surface area contributed by atoms with Gasteiger partial charge in [-0.1, -0.05) is 37.3 Å². The molecule has 0 bridgehead atoms. The fourth-order valence-corrected chi connectivity index (χ4v) is 2.93. The SMILES string of the molecule is COC(=O)C1(C)CCC(C)(c2ccccc2)CC1. The van der Waals surface area contributed by atoms with E-state index in [1.165, 1.54) is 12.7 Å². The Bertz CT molecular complexity index is 414. The van der Waals surface area contributed by atoms with Crippen molar-refractivity contribution in [2.75, 3.05) is 7.11 Å². The Labute approximate surface area is 109 Å². The maximum absolute atomic E-state index is 11.8. The predicted octanol–water partition coefficient (Wildman–Crippen LogP) is 3.70. The van der Waals surface area contributed by atoms with Crippen LogP contribution in [0.1, 0.15) is 45.1 Å². The maximum atomic E-state index is 11.8. The molecule has 1 aromatic rings. The molecule has 0 atom stereocenters. The highest BCUT2D eigenvalue weighted by Crippen LogP contribution is 2.47. The molecule has 0 radical (unpaired) electrons. The number of methoxy groups -OCH3 is 1. The van der Waals surface area contributed by atoms with Gasteiger partial charge in [0, 0.05) is 0 Å². The molecule has 0 amide bonds. The van der Waals surface area contributed by atoms with Gasteiger partial charge in [-0.3, -0.25) is 4.79 Å². The Hall–Kier alpha value is -1.31. The number of rotatable bonds is 2. The summed E-state index contributed by atoms with van der Waals surface area (Å²) in [6, 6.07) is 10.6. The molecule has 2 nitrogen and oxygen atoms in total. The van der Waals surface area contributed by atoms with Gasteiger partial charge in [-0.05, 0) is 43.6 Å². The van der Waals surface area contributed by atoms with Crippen molar-refractivity contribution in [1.29, 1.82) is 0 Å². The summed E-state index contributed by atoms with van der Waals surface area (Å²) >= 11 is 0. The molecule has 0 heterocycles. The van der Waals surface area contributed by atoms with Crippen LogP contribution in [-0.2, 0) is 14.9 Å². The fraction of sp³-hybridized carbons (Fsp3) is 0.562. The molecule has 2 rings (SSSR count). The number of carbonyl (C=O) groups excluding carboxylic acids is 1. The van der Waals surface area contributed by atoms with E-state index in [0.29, 0.717) is 0 Å². The van der Waals surface area contributed by atoms with Crippen molar-refractivity contribution in [3.63, 3.8) is 0 Å². The summed E-state index contributed by atoms with van der Waals surface area (Å²) in [5.74, 6) is -0.0578. The molecule has 0 spiro atoms. The van der Waals surface area contributed by atoms with Gasteiger partial charge in [0.05, 0.1) is 12.5 Å². The summed E-state index contributed by atoms with van der Waals surface area (Å²) in [7, 11) is 1.48. The quantitative estimate of drug-likeness (QED) is 0.744. The van der Waals surface area contributed by atoms with E-state index in [4.69, 9.17) is 4.74 Å². The van der Waals surface area contributed by atoms with Crippen LogP contribution in [0.4, 0.5) is 0 Å². The standard InChI is InChI=1S/C16H22O2/c1-15(13-7-5-4-6-8-13)9-11-16(2,12-10-15)14(17)18-3/h4-8H,9-12H2,1-3H3. The zero-order valence-corrected chi connectivity index (χ0v) is 11.5. The largest absolute Gasteiger partial charge is 0.469 e. The molecule has 0 saturated heterocycles. The molecule has 1 fully saturated rings. The lowest BCUT2D eigenvalue weighted by Gasteiger charge is -2.41. The van der Waals surface area contributed by atoms with Crippen LogP contribution < -0.4 is 0 Å². The van der Waals surface area contributed by atoms with Crippen molar-refractivity contribution in [3.8, 4) is 0 Å². The molecule has 0 N–H and O–H groups in total. The highest BCUT2D eigenvalue weighted by Gasteiger charge is 2.43. The molecule has 1 saturated carbocycles. The first-order chi connectivity index (χ1) is 8.50. The lowest BCUT2D eigenvalue weighted by atomic mass is 9.63.